The minimum Gasteiger partial charge on any atom is -0.465 e. The second-order valence-electron chi connectivity index (χ2n) is 14.8. The van der Waals surface area contributed by atoms with E-state index in [4.69, 9.17) is 9.47 Å². The van der Waals surface area contributed by atoms with Gasteiger partial charge in [0.1, 0.15) is 35.4 Å². The molecule has 17 heteroatoms. The molecule has 2 aliphatic heterocycles. The molecule has 0 unspecified atom stereocenters. The number of amides is 4. The van der Waals surface area contributed by atoms with Crippen LogP contribution in [0.4, 0.5) is 18.4 Å². The highest BCUT2D eigenvalue weighted by atomic mass is 19.1. The standard InChI is InChI=1S/C40H48F2N8O7/c1-21(2)33(47-39(53)57-6)37(51)49-15-7-9-31(49)35-43-19-29(45-35)25-13-11-23(17-27(25)41)24-12-14-26(28(42)18-24)30-20-44-36(46-30)32-10-8-16-50(32)38(52)34(22(3)56-5)48(4)40(54)55/h11-14,17-22,31-34H,7-10,15-16H2,1-6H3,(H,43,45)(H,44,46)(H,47,53)(H,54,55)/t22-,31+,32+,33+,34+/m1/s1. The van der Waals surface area contributed by atoms with E-state index in [9.17, 15) is 24.3 Å². The smallest absolute Gasteiger partial charge is 0.407 e. The van der Waals surface area contributed by atoms with Crippen molar-refractivity contribution in [2.24, 2.45) is 5.92 Å². The summed E-state index contributed by atoms with van der Waals surface area (Å²) in [4.78, 5) is 70.4. The maximum atomic E-state index is 15.7. The van der Waals surface area contributed by atoms with Crippen LogP contribution in [-0.4, -0.2) is 116 Å². The first-order chi connectivity index (χ1) is 27.2. The number of ether oxygens (including phenoxy) is 2. The average Bonchev–Trinajstić information content (AvgIpc) is 4.03. The van der Waals surface area contributed by atoms with Crippen molar-refractivity contribution >= 4 is 24.0 Å². The topological polar surface area (TPSA) is 186 Å². The van der Waals surface area contributed by atoms with Crippen molar-refractivity contribution in [1.82, 2.24) is 40.0 Å². The van der Waals surface area contributed by atoms with E-state index in [0.717, 1.165) is 11.3 Å². The van der Waals surface area contributed by atoms with E-state index in [1.54, 1.807) is 41.0 Å². The summed E-state index contributed by atoms with van der Waals surface area (Å²) in [5, 5.41) is 12.2. The van der Waals surface area contributed by atoms with Gasteiger partial charge in [0.05, 0.1) is 49.1 Å². The van der Waals surface area contributed by atoms with Crippen molar-refractivity contribution in [2.75, 3.05) is 34.4 Å². The molecule has 57 heavy (non-hydrogen) atoms. The summed E-state index contributed by atoms with van der Waals surface area (Å²) >= 11 is 0. The highest BCUT2D eigenvalue weighted by Crippen LogP contribution is 2.36. The first-order valence-corrected chi connectivity index (χ1v) is 18.9. The van der Waals surface area contributed by atoms with Gasteiger partial charge in [-0.15, -0.1) is 0 Å². The van der Waals surface area contributed by atoms with Gasteiger partial charge in [-0.1, -0.05) is 26.0 Å². The van der Waals surface area contributed by atoms with E-state index in [1.807, 2.05) is 13.8 Å². The number of aromatic amines is 2. The molecule has 2 aliphatic rings. The average molecular weight is 791 g/mol. The highest BCUT2D eigenvalue weighted by molar-refractivity contribution is 5.87. The van der Waals surface area contributed by atoms with Crippen LogP contribution in [0.5, 0.6) is 0 Å². The number of nitrogens with zero attached hydrogens (tertiary/aromatic N) is 5. The minimum atomic E-state index is -1.26. The third-order valence-corrected chi connectivity index (χ3v) is 10.9. The molecule has 0 bridgehead atoms. The van der Waals surface area contributed by atoms with Crippen molar-refractivity contribution in [3.05, 3.63) is 72.1 Å². The van der Waals surface area contributed by atoms with Crippen molar-refractivity contribution in [3.63, 3.8) is 0 Å². The van der Waals surface area contributed by atoms with Crippen LogP contribution in [0, 0.1) is 17.6 Å². The van der Waals surface area contributed by atoms with Gasteiger partial charge in [-0.25, -0.2) is 28.3 Å². The highest BCUT2D eigenvalue weighted by Gasteiger charge is 2.41. The number of likely N-dealkylation sites (N-methyl/N-ethyl adjacent to an activating group) is 1. The van der Waals surface area contributed by atoms with Crippen LogP contribution >= 0.6 is 0 Å². The lowest BCUT2D eigenvalue weighted by molar-refractivity contribution is -0.141. The van der Waals surface area contributed by atoms with Gasteiger partial charge in [0.2, 0.25) is 11.8 Å². The molecule has 0 saturated carbocycles. The normalized spacial score (nSPS) is 18.4. The number of H-pyrrole nitrogens is 2. The number of aromatic nitrogens is 4. The molecule has 2 fully saturated rings. The van der Waals surface area contributed by atoms with Crippen LogP contribution in [0.2, 0.25) is 0 Å². The fourth-order valence-electron chi connectivity index (χ4n) is 7.72. The van der Waals surface area contributed by atoms with Crippen LogP contribution in [0.25, 0.3) is 33.6 Å². The zero-order chi connectivity index (χ0) is 41.1. The number of benzene rings is 2. The summed E-state index contributed by atoms with van der Waals surface area (Å²) in [5.41, 5.74) is 2.17. The zero-order valence-corrected chi connectivity index (χ0v) is 32.7. The fraction of sp³-hybridized carbons (Fsp3) is 0.450. The molecule has 5 atom stereocenters. The molecule has 0 aliphatic carbocycles. The Balaban J connectivity index is 1.16. The quantitative estimate of drug-likeness (QED) is 0.131. The lowest BCUT2D eigenvalue weighted by atomic mass is 10.00. The third kappa shape index (κ3) is 8.33. The van der Waals surface area contributed by atoms with E-state index >= 15 is 8.78 Å². The van der Waals surface area contributed by atoms with E-state index in [0.29, 0.717) is 66.5 Å². The van der Waals surface area contributed by atoms with Gasteiger partial charge >= 0.3 is 12.2 Å². The molecule has 6 rings (SSSR count). The number of imidazole rings is 2. The number of nitrogens with one attached hydrogen (secondary N) is 3. The van der Waals surface area contributed by atoms with Crippen molar-refractivity contribution in [3.8, 4) is 33.6 Å². The van der Waals surface area contributed by atoms with Gasteiger partial charge in [-0.05, 0) is 73.9 Å². The summed E-state index contributed by atoms with van der Waals surface area (Å²) in [6, 6.07) is 6.45. The molecule has 4 aromatic rings. The van der Waals surface area contributed by atoms with E-state index in [2.05, 4.69) is 25.3 Å². The van der Waals surface area contributed by atoms with E-state index in [-0.39, 0.29) is 29.0 Å². The van der Waals surface area contributed by atoms with Gasteiger partial charge in [0.15, 0.2) is 0 Å². The molecular formula is C40H48F2N8O7. The Bertz CT molecular complexity index is 2120. The maximum Gasteiger partial charge on any atom is 0.407 e. The second-order valence-corrected chi connectivity index (χ2v) is 14.8. The van der Waals surface area contributed by atoms with Crippen molar-refractivity contribution in [1.29, 1.82) is 0 Å². The zero-order valence-electron chi connectivity index (χ0n) is 32.7. The van der Waals surface area contributed by atoms with Crippen molar-refractivity contribution in [2.45, 2.75) is 76.7 Å². The number of carboxylic acid groups (broad SMARTS) is 1. The van der Waals surface area contributed by atoms with Gasteiger partial charge < -0.3 is 39.7 Å². The number of alkyl carbamates (subject to hydrolysis) is 1. The van der Waals surface area contributed by atoms with Gasteiger partial charge in [0, 0.05) is 38.4 Å². The summed E-state index contributed by atoms with van der Waals surface area (Å²) in [7, 11) is 3.98. The first kappa shape index (κ1) is 40.8. The molecule has 0 radical (unpaired) electrons. The molecule has 4 N–H and O–H groups in total. The predicted octanol–water partition coefficient (Wildman–Crippen LogP) is 6.13. The minimum absolute atomic E-state index is 0.187. The van der Waals surface area contributed by atoms with Crippen LogP contribution in [0.15, 0.2) is 48.8 Å². The summed E-state index contributed by atoms with van der Waals surface area (Å²) in [5.74, 6) is -1.02. The first-order valence-electron chi connectivity index (χ1n) is 18.9. The Labute approximate surface area is 328 Å². The van der Waals surface area contributed by atoms with E-state index < -0.39 is 54.0 Å². The van der Waals surface area contributed by atoms with Crippen LogP contribution < -0.4 is 5.32 Å². The Morgan fingerprint density at radius 1 is 0.842 bits per heavy atom. The Morgan fingerprint density at radius 3 is 1.75 bits per heavy atom. The monoisotopic (exact) mass is 790 g/mol. The summed E-state index contributed by atoms with van der Waals surface area (Å²) in [6.07, 6.45) is 2.99. The van der Waals surface area contributed by atoms with E-state index in [1.165, 1.54) is 45.8 Å². The number of likely N-dealkylation sites (tertiary alicyclic amines) is 2. The Morgan fingerprint density at radius 2 is 1.33 bits per heavy atom. The number of carbonyl (C=O) groups excluding carboxylic acids is 3. The molecular weight excluding hydrogens is 742 g/mol. The molecule has 0 spiro atoms. The third-order valence-electron chi connectivity index (χ3n) is 10.9. The summed E-state index contributed by atoms with van der Waals surface area (Å²) < 4.78 is 41.5. The lowest BCUT2D eigenvalue weighted by Gasteiger charge is -2.34. The second kappa shape index (κ2) is 17.1. The molecule has 4 amide bonds. The molecule has 304 valence electrons. The maximum absolute atomic E-state index is 15.7. The summed E-state index contributed by atoms with van der Waals surface area (Å²) in [6.45, 7) is 6.19. The molecule has 2 saturated heterocycles. The molecule has 15 nitrogen and oxygen atoms in total. The Kier molecular flexibility index (Phi) is 12.3. The predicted molar refractivity (Wildman–Crippen MR) is 205 cm³/mol. The number of carbonyl (C=O) groups is 4. The Hall–Kier alpha value is -5.84. The fourth-order valence-corrected chi connectivity index (χ4v) is 7.72. The van der Waals surface area contributed by atoms with Crippen LogP contribution in [0.1, 0.15) is 70.2 Å². The van der Waals surface area contributed by atoms with Crippen LogP contribution in [0.3, 0.4) is 0 Å². The largest absolute Gasteiger partial charge is 0.465 e. The SMILES string of the molecule is COC(=O)N[C@H](C(=O)N1CCC[C@H]1c1ncc(-c2ccc(-c3ccc(-c4cnc([C@@H]5CCCN5C(=O)[C@H]([C@@H](C)OC)N(C)C(=O)O)[nH]4)c(F)c3)cc2F)[nH]1)C(C)C. The van der Waals surface area contributed by atoms with Crippen LogP contribution in [-0.2, 0) is 19.1 Å². The number of hydrogen-bond donors (Lipinski definition) is 4. The number of hydrogen-bond acceptors (Lipinski definition) is 8. The lowest BCUT2D eigenvalue weighted by Crippen LogP contribution is -2.54. The molecule has 4 heterocycles. The number of halogens is 2. The van der Waals surface area contributed by atoms with Crippen molar-refractivity contribution < 1.29 is 42.5 Å². The number of rotatable bonds is 12. The molecule has 2 aromatic carbocycles. The molecule has 2 aromatic heterocycles. The number of methoxy groups -OCH3 is 2. The van der Waals surface area contributed by atoms with Gasteiger partial charge in [-0.3, -0.25) is 14.5 Å². The van der Waals surface area contributed by atoms with Gasteiger partial charge in [-0.2, -0.15) is 0 Å². The van der Waals surface area contributed by atoms with Gasteiger partial charge in [0.25, 0.3) is 0 Å².